The summed E-state index contributed by atoms with van der Waals surface area (Å²) in [4.78, 5) is 24.8. The molecule has 1 aromatic carbocycles. The number of aromatic nitrogens is 1. The Morgan fingerprint density at radius 2 is 1.96 bits per heavy atom. The van der Waals surface area contributed by atoms with Gasteiger partial charge in [0.05, 0.1) is 11.0 Å². The molecule has 0 radical (unpaired) electrons. The van der Waals surface area contributed by atoms with Gasteiger partial charge in [-0.2, -0.15) is 0 Å². The third-order valence-corrected chi connectivity index (χ3v) is 4.13. The first-order valence-electron chi connectivity index (χ1n) is 7.94. The summed E-state index contributed by atoms with van der Waals surface area (Å²) in [6, 6.07) is 10.0. The second-order valence-corrected chi connectivity index (χ2v) is 6.18. The molecule has 1 aromatic heterocycles. The Hall–Kier alpha value is -2.83. The number of benzene rings is 1. The van der Waals surface area contributed by atoms with Gasteiger partial charge in [0.2, 0.25) is 0 Å². The third kappa shape index (κ3) is 2.97. The molecule has 0 bridgehead atoms. The largest absolute Gasteiger partial charge is 0.348 e. The van der Waals surface area contributed by atoms with Gasteiger partial charge in [0, 0.05) is 43.2 Å². The number of amides is 2. The highest BCUT2D eigenvalue weighted by Gasteiger charge is 2.32. The van der Waals surface area contributed by atoms with E-state index in [1.807, 2.05) is 32.2 Å². The highest BCUT2D eigenvalue weighted by Crippen LogP contribution is 2.33. The Balaban J connectivity index is 1.98. The third-order valence-electron chi connectivity index (χ3n) is 4.13. The smallest absolute Gasteiger partial charge is 0.318 e. The van der Waals surface area contributed by atoms with Gasteiger partial charge in [0.1, 0.15) is 0 Å². The van der Waals surface area contributed by atoms with E-state index >= 15 is 0 Å². The van der Waals surface area contributed by atoms with Crippen molar-refractivity contribution < 1.29 is 9.72 Å². The molecule has 2 amide bonds. The van der Waals surface area contributed by atoms with E-state index in [0.29, 0.717) is 6.54 Å². The van der Waals surface area contributed by atoms with Crippen LogP contribution in [0.15, 0.2) is 42.6 Å². The van der Waals surface area contributed by atoms with Gasteiger partial charge in [0.15, 0.2) is 0 Å². The van der Waals surface area contributed by atoms with Gasteiger partial charge in [-0.05, 0) is 43.7 Å². The molecule has 1 aliphatic rings. The predicted molar refractivity (Wildman–Crippen MR) is 89.7 cm³/mol. The van der Waals surface area contributed by atoms with Crippen LogP contribution in [-0.2, 0) is 6.54 Å². The Morgan fingerprint density at radius 3 is 2.58 bits per heavy atom. The SMILES string of the molecule is CC(C)NC(=O)N1CCn2cccc2C1c1ccc([N+](=O)[O-])cc1. The van der Waals surface area contributed by atoms with Gasteiger partial charge >= 0.3 is 6.03 Å². The lowest BCUT2D eigenvalue weighted by atomic mass is 10.00. The zero-order chi connectivity index (χ0) is 17.3. The van der Waals surface area contributed by atoms with Crippen molar-refractivity contribution in [2.45, 2.75) is 32.5 Å². The number of non-ortho nitro benzene ring substituents is 1. The first-order chi connectivity index (χ1) is 11.5. The summed E-state index contributed by atoms with van der Waals surface area (Å²) in [5.41, 5.74) is 1.91. The number of carbonyl (C=O) groups excluding carboxylic acids is 1. The Bertz CT molecular complexity index is 751. The maximum Gasteiger partial charge on any atom is 0.318 e. The summed E-state index contributed by atoms with van der Waals surface area (Å²) < 4.78 is 2.12. The molecule has 0 spiro atoms. The Morgan fingerprint density at radius 1 is 1.25 bits per heavy atom. The van der Waals surface area contributed by atoms with E-state index in [-0.39, 0.29) is 23.8 Å². The molecule has 1 N–H and O–H groups in total. The summed E-state index contributed by atoms with van der Waals surface area (Å²) in [7, 11) is 0. The Labute approximate surface area is 140 Å². The van der Waals surface area contributed by atoms with E-state index in [1.165, 1.54) is 12.1 Å². The molecule has 2 aromatic rings. The standard InChI is InChI=1S/C17H20N4O3/c1-12(2)18-17(22)20-11-10-19-9-3-4-15(19)16(20)13-5-7-14(8-6-13)21(23)24/h3-9,12,16H,10-11H2,1-2H3,(H,18,22). The normalized spacial score (nSPS) is 16.8. The van der Waals surface area contributed by atoms with Crippen molar-refractivity contribution in [2.24, 2.45) is 0 Å². The molecule has 0 fully saturated rings. The zero-order valence-corrected chi connectivity index (χ0v) is 13.7. The lowest BCUT2D eigenvalue weighted by Gasteiger charge is -2.37. The molecule has 1 atom stereocenters. The molecular weight excluding hydrogens is 308 g/mol. The average molecular weight is 328 g/mol. The summed E-state index contributed by atoms with van der Waals surface area (Å²) in [5, 5.41) is 13.8. The molecule has 24 heavy (non-hydrogen) atoms. The molecule has 0 saturated carbocycles. The van der Waals surface area contributed by atoms with E-state index in [4.69, 9.17) is 0 Å². The molecule has 126 valence electrons. The van der Waals surface area contributed by atoms with Crippen LogP contribution in [0.1, 0.15) is 31.1 Å². The molecular formula is C17H20N4O3. The van der Waals surface area contributed by atoms with Crippen LogP contribution in [-0.4, -0.2) is 33.0 Å². The maximum atomic E-state index is 12.6. The fraction of sp³-hybridized carbons (Fsp3) is 0.353. The minimum Gasteiger partial charge on any atom is -0.348 e. The second-order valence-electron chi connectivity index (χ2n) is 6.18. The van der Waals surface area contributed by atoms with Crippen LogP contribution in [0.3, 0.4) is 0 Å². The molecule has 3 rings (SSSR count). The van der Waals surface area contributed by atoms with Crippen molar-refractivity contribution in [1.29, 1.82) is 0 Å². The number of urea groups is 1. The summed E-state index contributed by atoms with van der Waals surface area (Å²) >= 11 is 0. The first-order valence-corrected chi connectivity index (χ1v) is 7.94. The quantitative estimate of drug-likeness (QED) is 0.695. The lowest BCUT2D eigenvalue weighted by molar-refractivity contribution is -0.384. The lowest BCUT2D eigenvalue weighted by Crippen LogP contribution is -2.48. The van der Waals surface area contributed by atoms with Crippen LogP contribution in [0.2, 0.25) is 0 Å². The number of nitro benzene ring substituents is 1. The van der Waals surface area contributed by atoms with Crippen molar-refractivity contribution in [1.82, 2.24) is 14.8 Å². The van der Waals surface area contributed by atoms with E-state index in [9.17, 15) is 14.9 Å². The number of nitrogens with zero attached hydrogens (tertiary/aromatic N) is 3. The van der Waals surface area contributed by atoms with Crippen molar-refractivity contribution in [3.8, 4) is 0 Å². The van der Waals surface area contributed by atoms with Crippen LogP contribution < -0.4 is 5.32 Å². The summed E-state index contributed by atoms with van der Waals surface area (Å²) in [6.45, 7) is 5.16. The van der Waals surface area contributed by atoms with Crippen LogP contribution in [0.25, 0.3) is 0 Å². The fourth-order valence-corrected chi connectivity index (χ4v) is 3.06. The molecule has 1 aliphatic heterocycles. The monoisotopic (exact) mass is 328 g/mol. The molecule has 0 saturated heterocycles. The number of carbonyl (C=O) groups is 1. The van der Waals surface area contributed by atoms with Crippen molar-refractivity contribution in [2.75, 3.05) is 6.54 Å². The van der Waals surface area contributed by atoms with Crippen LogP contribution in [0.5, 0.6) is 0 Å². The van der Waals surface area contributed by atoms with Crippen LogP contribution in [0, 0.1) is 10.1 Å². The van der Waals surface area contributed by atoms with Crippen molar-refractivity contribution >= 4 is 11.7 Å². The number of nitro groups is 1. The number of hydrogen-bond acceptors (Lipinski definition) is 3. The molecule has 0 aliphatic carbocycles. The summed E-state index contributed by atoms with van der Waals surface area (Å²) in [6.07, 6.45) is 1.99. The highest BCUT2D eigenvalue weighted by molar-refractivity contribution is 5.75. The zero-order valence-electron chi connectivity index (χ0n) is 13.7. The minimum absolute atomic E-state index is 0.0446. The highest BCUT2D eigenvalue weighted by atomic mass is 16.6. The number of rotatable bonds is 3. The summed E-state index contributed by atoms with van der Waals surface area (Å²) in [5.74, 6) is 0. The van der Waals surface area contributed by atoms with E-state index in [1.54, 1.807) is 17.0 Å². The van der Waals surface area contributed by atoms with Gasteiger partial charge in [-0.25, -0.2) is 4.79 Å². The van der Waals surface area contributed by atoms with Gasteiger partial charge in [0.25, 0.3) is 5.69 Å². The van der Waals surface area contributed by atoms with Crippen LogP contribution in [0.4, 0.5) is 10.5 Å². The number of fused-ring (bicyclic) bond motifs is 1. The second kappa shape index (κ2) is 6.35. The average Bonchev–Trinajstić information content (AvgIpc) is 3.01. The molecule has 7 nitrogen and oxygen atoms in total. The number of hydrogen-bond donors (Lipinski definition) is 1. The molecule has 1 unspecified atom stereocenters. The van der Waals surface area contributed by atoms with Gasteiger partial charge in [-0.1, -0.05) is 0 Å². The fourth-order valence-electron chi connectivity index (χ4n) is 3.06. The van der Waals surface area contributed by atoms with Gasteiger partial charge in [-0.15, -0.1) is 0 Å². The maximum absolute atomic E-state index is 12.6. The van der Waals surface area contributed by atoms with Gasteiger partial charge < -0.3 is 14.8 Å². The first kappa shape index (κ1) is 16.0. The van der Waals surface area contributed by atoms with Crippen LogP contribution >= 0.6 is 0 Å². The number of nitrogens with one attached hydrogen (secondary N) is 1. The van der Waals surface area contributed by atoms with E-state index < -0.39 is 4.92 Å². The molecule has 2 heterocycles. The van der Waals surface area contributed by atoms with Crippen molar-refractivity contribution in [3.05, 3.63) is 64.0 Å². The Kier molecular flexibility index (Phi) is 4.24. The van der Waals surface area contributed by atoms with E-state index in [0.717, 1.165) is 17.8 Å². The topological polar surface area (TPSA) is 80.4 Å². The molecule has 7 heteroatoms. The predicted octanol–water partition coefficient (Wildman–Crippen LogP) is 2.92. The minimum atomic E-state index is -0.420. The van der Waals surface area contributed by atoms with E-state index in [2.05, 4.69) is 9.88 Å². The van der Waals surface area contributed by atoms with Gasteiger partial charge in [-0.3, -0.25) is 10.1 Å². The van der Waals surface area contributed by atoms with Crippen molar-refractivity contribution in [3.63, 3.8) is 0 Å².